The van der Waals surface area contributed by atoms with Gasteiger partial charge in [-0.15, -0.1) is 0 Å². The molecule has 1 fully saturated rings. The van der Waals surface area contributed by atoms with Gasteiger partial charge in [0.2, 0.25) is 0 Å². The fraction of sp³-hybridized carbons (Fsp3) is 0.120. The van der Waals surface area contributed by atoms with Gasteiger partial charge < -0.3 is 9.84 Å². The second-order valence-electron chi connectivity index (χ2n) is 7.26. The molecule has 1 N–H and O–H groups in total. The van der Waals surface area contributed by atoms with E-state index in [9.17, 15) is 19.1 Å². The van der Waals surface area contributed by atoms with Crippen LogP contribution in [0.3, 0.4) is 0 Å². The standard InChI is InChI=1S/C25H20FNO4/c1-15-6-5-7-18(14-15)27-22(19-8-3-4-9-20(19)31-2)21(24(29)25(27)30)23(28)16-10-12-17(26)13-11-16/h3-14,22,28H,1-2H3/b23-21+. The van der Waals surface area contributed by atoms with Crippen LogP contribution in [0.5, 0.6) is 5.75 Å². The van der Waals surface area contributed by atoms with E-state index in [1.165, 1.54) is 36.3 Å². The minimum atomic E-state index is -0.914. The molecule has 1 amide bonds. The molecule has 1 aliphatic rings. The summed E-state index contributed by atoms with van der Waals surface area (Å²) < 4.78 is 18.9. The summed E-state index contributed by atoms with van der Waals surface area (Å²) in [6.07, 6.45) is 0. The monoisotopic (exact) mass is 417 g/mol. The number of halogens is 1. The highest BCUT2D eigenvalue weighted by atomic mass is 19.1. The molecular weight excluding hydrogens is 397 g/mol. The number of carbonyl (C=O) groups excluding carboxylic acids is 2. The molecular formula is C25H20FNO4. The van der Waals surface area contributed by atoms with Crippen LogP contribution in [0.1, 0.15) is 22.7 Å². The summed E-state index contributed by atoms with van der Waals surface area (Å²) in [5, 5.41) is 11.0. The van der Waals surface area contributed by atoms with Gasteiger partial charge in [0.1, 0.15) is 17.3 Å². The molecule has 3 aromatic carbocycles. The number of aryl methyl sites for hydroxylation is 1. The average molecular weight is 417 g/mol. The van der Waals surface area contributed by atoms with Crippen LogP contribution in [-0.4, -0.2) is 23.9 Å². The molecule has 1 heterocycles. The Balaban J connectivity index is 1.99. The lowest BCUT2D eigenvalue weighted by molar-refractivity contribution is -0.132. The van der Waals surface area contributed by atoms with Crippen LogP contribution >= 0.6 is 0 Å². The summed E-state index contributed by atoms with van der Waals surface area (Å²) >= 11 is 0. The van der Waals surface area contributed by atoms with Crippen molar-refractivity contribution in [2.75, 3.05) is 12.0 Å². The van der Waals surface area contributed by atoms with Gasteiger partial charge in [-0.2, -0.15) is 0 Å². The molecule has 5 nitrogen and oxygen atoms in total. The van der Waals surface area contributed by atoms with Crippen molar-refractivity contribution in [2.45, 2.75) is 13.0 Å². The number of aliphatic hydroxyl groups is 1. The number of anilines is 1. The van der Waals surface area contributed by atoms with Crippen molar-refractivity contribution in [1.82, 2.24) is 0 Å². The molecule has 1 aliphatic heterocycles. The van der Waals surface area contributed by atoms with E-state index in [2.05, 4.69) is 0 Å². The molecule has 0 radical (unpaired) electrons. The number of rotatable bonds is 4. The van der Waals surface area contributed by atoms with Crippen molar-refractivity contribution in [3.63, 3.8) is 0 Å². The lowest BCUT2D eigenvalue weighted by atomic mass is 9.94. The summed E-state index contributed by atoms with van der Waals surface area (Å²) in [5.74, 6) is -1.95. The van der Waals surface area contributed by atoms with E-state index in [1.54, 1.807) is 42.5 Å². The van der Waals surface area contributed by atoms with Gasteiger partial charge in [-0.25, -0.2) is 4.39 Å². The number of nitrogens with zero attached hydrogens (tertiary/aromatic N) is 1. The summed E-state index contributed by atoms with van der Waals surface area (Å²) in [7, 11) is 1.50. The van der Waals surface area contributed by atoms with Crippen LogP contribution in [0.2, 0.25) is 0 Å². The molecule has 4 rings (SSSR count). The Kier molecular flexibility index (Phi) is 5.29. The van der Waals surface area contributed by atoms with Crippen molar-refractivity contribution in [1.29, 1.82) is 0 Å². The lowest BCUT2D eigenvalue weighted by Crippen LogP contribution is -2.29. The number of Topliss-reactive ketones (excluding diaryl/α,β-unsaturated/α-hetero) is 1. The van der Waals surface area contributed by atoms with Gasteiger partial charge >= 0.3 is 0 Å². The predicted molar refractivity (Wildman–Crippen MR) is 115 cm³/mol. The number of amides is 1. The maximum Gasteiger partial charge on any atom is 0.300 e. The first-order chi connectivity index (χ1) is 14.9. The van der Waals surface area contributed by atoms with E-state index in [-0.39, 0.29) is 16.9 Å². The van der Waals surface area contributed by atoms with Crippen LogP contribution in [-0.2, 0) is 9.59 Å². The van der Waals surface area contributed by atoms with Crippen LogP contribution in [0.15, 0.2) is 78.4 Å². The van der Waals surface area contributed by atoms with Crippen molar-refractivity contribution < 1.29 is 23.8 Å². The first-order valence-electron chi connectivity index (χ1n) is 9.69. The third-order valence-electron chi connectivity index (χ3n) is 5.28. The van der Waals surface area contributed by atoms with Gasteiger partial charge in [0, 0.05) is 16.8 Å². The number of methoxy groups -OCH3 is 1. The number of ketones is 1. The van der Waals surface area contributed by atoms with Crippen LogP contribution in [0, 0.1) is 12.7 Å². The molecule has 0 saturated carbocycles. The topological polar surface area (TPSA) is 66.8 Å². The number of para-hydroxylation sites is 1. The molecule has 0 spiro atoms. The van der Waals surface area contributed by atoms with E-state index >= 15 is 0 Å². The van der Waals surface area contributed by atoms with Crippen molar-refractivity contribution in [3.05, 3.63) is 101 Å². The van der Waals surface area contributed by atoms with Gasteiger partial charge in [-0.3, -0.25) is 14.5 Å². The maximum atomic E-state index is 13.4. The smallest absolute Gasteiger partial charge is 0.300 e. The zero-order valence-electron chi connectivity index (χ0n) is 17.0. The number of benzene rings is 3. The van der Waals surface area contributed by atoms with Crippen LogP contribution in [0.4, 0.5) is 10.1 Å². The zero-order valence-corrected chi connectivity index (χ0v) is 17.0. The van der Waals surface area contributed by atoms with Gasteiger partial charge in [0.15, 0.2) is 0 Å². The molecule has 0 bridgehead atoms. The highest BCUT2D eigenvalue weighted by molar-refractivity contribution is 6.51. The van der Waals surface area contributed by atoms with Crippen molar-refractivity contribution >= 4 is 23.1 Å². The Morgan fingerprint density at radius 1 is 1.00 bits per heavy atom. The Morgan fingerprint density at radius 2 is 1.71 bits per heavy atom. The van der Waals surface area contributed by atoms with E-state index in [0.717, 1.165) is 5.56 Å². The van der Waals surface area contributed by atoms with E-state index in [1.807, 2.05) is 13.0 Å². The van der Waals surface area contributed by atoms with E-state index in [4.69, 9.17) is 4.74 Å². The van der Waals surface area contributed by atoms with Gasteiger partial charge in [0.05, 0.1) is 18.7 Å². The minimum Gasteiger partial charge on any atom is -0.507 e. The summed E-state index contributed by atoms with van der Waals surface area (Å²) in [6, 6.07) is 18.4. The van der Waals surface area contributed by atoms with Gasteiger partial charge in [-0.1, -0.05) is 30.3 Å². The minimum absolute atomic E-state index is 0.0809. The SMILES string of the molecule is COc1ccccc1C1/C(=C(\O)c2ccc(F)cc2)C(=O)C(=O)N1c1cccc(C)c1. The summed E-state index contributed by atoms with van der Waals surface area (Å²) in [5.41, 5.74) is 2.15. The van der Waals surface area contributed by atoms with Crippen molar-refractivity contribution in [3.8, 4) is 5.75 Å². The molecule has 1 atom stereocenters. The van der Waals surface area contributed by atoms with E-state index in [0.29, 0.717) is 17.0 Å². The van der Waals surface area contributed by atoms with Gasteiger partial charge in [-0.05, 0) is 55.0 Å². The predicted octanol–water partition coefficient (Wildman–Crippen LogP) is 4.77. The Labute approximate surface area is 179 Å². The molecule has 1 unspecified atom stereocenters. The lowest BCUT2D eigenvalue weighted by Gasteiger charge is -2.27. The van der Waals surface area contributed by atoms with Crippen LogP contribution < -0.4 is 9.64 Å². The molecule has 0 aromatic heterocycles. The number of carbonyl (C=O) groups is 2. The second kappa shape index (κ2) is 8.07. The first-order valence-corrected chi connectivity index (χ1v) is 9.69. The average Bonchev–Trinajstić information content (AvgIpc) is 3.04. The zero-order chi connectivity index (χ0) is 22.1. The van der Waals surface area contributed by atoms with Crippen LogP contribution in [0.25, 0.3) is 5.76 Å². The quantitative estimate of drug-likeness (QED) is 0.377. The first kappa shape index (κ1) is 20.3. The highest BCUT2D eigenvalue weighted by Gasteiger charge is 2.47. The normalized spacial score (nSPS) is 17.8. The Hall–Kier alpha value is -3.93. The summed E-state index contributed by atoms with van der Waals surface area (Å²) in [4.78, 5) is 27.6. The number of aliphatic hydroxyl groups excluding tert-OH is 1. The Bertz CT molecular complexity index is 1200. The maximum absolute atomic E-state index is 13.4. The third-order valence-corrected chi connectivity index (χ3v) is 5.28. The highest BCUT2D eigenvalue weighted by Crippen LogP contribution is 2.44. The third kappa shape index (κ3) is 3.57. The molecule has 1 saturated heterocycles. The fourth-order valence-electron chi connectivity index (χ4n) is 3.83. The van der Waals surface area contributed by atoms with Gasteiger partial charge in [0.25, 0.3) is 11.7 Å². The largest absolute Gasteiger partial charge is 0.507 e. The molecule has 156 valence electrons. The number of ether oxygens (including phenoxy) is 1. The number of hydrogen-bond acceptors (Lipinski definition) is 4. The second-order valence-corrected chi connectivity index (χ2v) is 7.26. The molecule has 31 heavy (non-hydrogen) atoms. The summed E-state index contributed by atoms with van der Waals surface area (Å²) in [6.45, 7) is 1.89. The fourth-order valence-corrected chi connectivity index (χ4v) is 3.83. The molecule has 6 heteroatoms. The van der Waals surface area contributed by atoms with Crippen molar-refractivity contribution in [2.24, 2.45) is 0 Å². The number of hydrogen-bond donors (Lipinski definition) is 1. The van der Waals surface area contributed by atoms with E-state index < -0.39 is 23.5 Å². The molecule has 3 aromatic rings. The molecule has 0 aliphatic carbocycles. The Morgan fingerprint density at radius 3 is 2.39 bits per heavy atom.